The molecule has 0 saturated carbocycles. The quantitative estimate of drug-likeness (QED) is 0.394. The van der Waals surface area contributed by atoms with Crippen molar-refractivity contribution >= 4 is 30.4 Å². The van der Waals surface area contributed by atoms with Gasteiger partial charge in [-0.2, -0.15) is 22.0 Å². The Labute approximate surface area is 85.8 Å². The van der Waals surface area contributed by atoms with E-state index in [1.54, 1.807) is 0 Å². The van der Waals surface area contributed by atoms with Gasteiger partial charge >= 0.3 is 36.7 Å². The third-order valence-electron chi connectivity index (χ3n) is 1.01. The van der Waals surface area contributed by atoms with Crippen LogP contribution in [0.1, 0.15) is 0 Å². The normalized spacial score (nSPS) is 11.9. The first-order valence-electron chi connectivity index (χ1n) is 2.72. The molecule has 78 valence electrons. The first-order chi connectivity index (χ1) is 5.64. The molecular weight excluding hydrogens is 213 g/mol. The third kappa shape index (κ3) is 3.34. The molecule has 0 aliphatic rings. The average Bonchev–Trinajstić information content (AvgIpc) is 1.99. The molecule has 0 aromatic heterocycles. The van der Waals surface area contributed by atoms with E-state index in [2.05, 4.69) is 0 Å². The van der Waals surface area contributed by atoms with Crippen molar-refractivity contribution in [2.24, 2.45) is 0 Å². The zero-order chi connectivity index (χ0) is 10.9. The summed E-state index contributed by atoms with van der Waals surface area (Å²) in [5, 5.41) is 0. The van der Waals surface area contributed by atoms with Gasteiger partial charge < -0.3 is 0 Å². The molecule has 0 atom stereocenters. The molecular formula is C5H3F6LiO2. The fraction of sp³-hybridized carbons (Fsp3) is 0.600. The van der Waals surface area contributed by atoms with Crippen LogP contribution in [0.25, 0.3) is 0 Å². The molecule has 0 radical (unpaired) electrons. The summed E-state index contributed by atoms with van der Waals surface area (Å²) in [7, 11) is 0. The minimum absolute atomic E-state index is 0. The number of ketones is 2. The minimum atomic E-state index is -5.85. The molecule has 0 heterocycles. The number of carbonyl (C=O) groups excluding carboxylic acids is 2. The topological polar surface area (TPSA) is 34.1 Å². The van der Waals surface area contributed by atoms with Gasteiger partial charge in [-0.25, -0.2) is 4.39 Å². The van der Waals surface area contributed by atoms with Crippen molar-refractivity contribution in [1.29, 1.82) is 0 Å². The van der Waals surface area contributed by atoms with Gasteiger partial charge in [0.1, 0.15) is 0 Å². The van der Waals surface area contributed by atoms with E-state index in [1.807, 2.05) is 0 Å². The summed E-state index contributed by atoms with van der Waals surface area (Å²) in [5.41, 5.74) is 0. The number of hydrogen-bond acceptors (Lipinski definition) is 2. The molecule has 0 amide bonds. The average molecular weight is 216 g/mol. The van der Waals surface area contributed by atoms with Gasteiger partial charge in [-0.1, -0.05) is 0 Å². The molecule has 0 spiro atoms. The summed E-state index contributed by atoms with van der Waals surface area (Å²) in [6, 6.07) is 0. The summed E-state index contributed by atoms with van der Waals surface area (Å²) in [6.07, 6.45) is -5.85. The zero-order valence-electron chi connectivity index (χ0n) is 5.79. The molecule has 0 N–H and O–H groups in total. The zero-order valence-corrected chi connectivity index (χ0v) is 5.79. The van der Waals surface area contributed by atoms with E-state index in [4.69, 9.17) is 0 Å². The van der Waals surface area contributed by atoms with Gasteiger partial charge in [0.15, 0.2) is 6.67 Å². The fourth-order valence-corrected chi connectivity index (χ4v) is 0.389. The molecule has 0 rings (SSSR count). The van der Waals surface area contributed by atoms with Gasteiger partial charge in [0.05, 0.1) is 0 Å². The predicted molar refractivity (Wildman–Crippen MR) is 34.1 cm³/mol. The van der Waals surface area contributed by atoms with Crippen LogP contribution in [0.2, 0.25) is 0 Å². The van der Waals surface area contributed by atoms with E-state index in [0.29, 0.717) is 0 Å². The maximum absolute atomic E-state index is 12.0. The third-order valence-corrected chi connectivity index (χ3v) is 1.01. The number of halogens is 6. The monoisotopic (exact) mass is 216 g/mol. The van der Waals surface area contributed by atoms with E-state index in [9.17, 15) is 35.9 Å². The Hall–Kier alpha value is -0.483. The number of alkyl halides is 6. The van der Waals surface area contributed by atoms with Gasteiger partial charge in [0.25, 0.3) is 0 Å². The summed E-state index contributed by atoms with van der Waals surface area (Å²) >= 11 is 0. The summed E-state index contributed by atoms with van der Waals surface area (Å²) in [6.45, 7) is -2.32. The molecule has 0 aliphatic heterocycles. The standard InChI is InChI=1S/C5H2F6O2.Li.H/c6-1-2(12)4(7,8)3(13)5(9,10)11;;/h1H2;;. The molecule has 0 unspecified atom stereocenters. The fourth-order valence-electron chi connectivity index (χ4n) is 0.389. The molecule has 0 saturated heterocycles. The molecule has 0 aromatic carbocycles. The Morgan fingerprint density at radius 2 is 1.36 bits per heavy atom. The predicted octanol–water partition coefficient (Wildman–Crippen LogP) is 0.643. The van der Waals surface area contributed by atoms with Crippen LogP contribution >= 0.6 is 0 Å². The Balaban J connectivity index is 0. The number of rotatable bonds is 3. The Bertz CT molecular complexity index is 235. The maximum atomic E-state index is 12.0. The first-order valence-corrected chi connectivity index (χ1v) is 2.72. The van der Waals surface area contributed by atoms with E-state index in [-0.39, 0.29) is 18.9 Å². The van der Waals surface area contributed by atoms with Gasteiger partial charge in [-0.3, -0.25) is 9.59 Å². The number of Topliss-reactive ketones (excluding diaryl/α,β-unsaturated/α-hetero) is 2. The van der Waals surface area contributed by atoms with Crippen LogP contribution < -0.4 is 0 Å². The van der Waals surface area contributed by atoms with E-state index >= 15 is 0 Å². The van der Waals surface area contributed by atoms with Gasteiger partial charge in [-0.05, 0) is 0 Å². The molecule has 9 heteroatoms. The second kappa shape index (κ2) is 4.84. The van der Waals surface area contributed by atoms with Crippen LogP contribution in [0.4, 0.5) is 26.3 Å². The van der Waals surface area contributed by atoms with Crippen molar-refractivity contribution in [1.82, 2.24) is 0 Å². The molecule has 0 bridgehead atoms. The van der Waals surface area contributed by atoms with Crippen LogP contribution in [-0.4, -0.2) is 49.2 Å². The first kappa shape index (κ1) is 16.0. The van der Waals surface area contributed by atoms with Gasteiger partial charge in [-0.15, -0.1) is 0 Å². The second-order valence-corrected chi connectivity index (χ2v) is 1.96. The Morgan fingerprint density at radius 3 is 1.57 bits per heavy atom. The van der Waals surface area contributed by atoms with E-state index < -0.39 is 30.3 Å². The molecule has 0 aliphatic carbocycles. The van der Waals surface area contributed by atoms with E-state index in [0.717, 1.165) is 0 Å². The Kier molecular flexibility index (Phi) is 5.52. The molecule has 14 heavy (non-hydrogen) atoms. The number of hydrogen-bond donors (Lipinski definition) is 0. The second-order valence-electron chi connectivity index (χ2n) is 1.96. The SMILES string of the molecule is O=C(CF)C(F)(F)C(=O)C(F)(F)F.[LiH]. The molecule has 0 aromatic rings. The van der Waals surface area contributed by atoms with Crippen molar-refractivity contribution < 1.29 is 35.9 Å². The summed E-state index contributed by atoms with van der Waals surface area (Å²) in [5.74, 6) is -11.6. The van der Waals surface area contributed by atoms with Gasteiger partial charge in [0.2, 0.25) is 5.78 Å². The summed E-state index contributed by atoms with van der Waals surface area (Å²) < 4.78 is 69.4. The van der Waals surface area contributed by atoms with Crippen LogP contribution in [0.15, 0.2) is 0 Å². The Morgan fingerprint density at radius 1 is 1.00 bits per heavy atom. The van der Waals surface area contributed by atoms with Crippen molar-refractivity contribution in [2.45, 2.75) is 12.1 Å². The van der Waals surface area contributed by atoms with Crippen molar-refractivity contribution in [3.8, 4) is 0 Å². The summed E-state index contributed by atoms with van der Waals surface area (Å²) in [4.78, 5) is 19.7. The van der Waals surface area contributed by atoms with Crippen LogP contribution in [0, 0.1) is 0 Å². The van der Waals surface area contributed by atoms with Crippen molar-refractivity contribution in [3.63, 3.8) is 0 Å². The van der Waals surface area contributed by atoms with Crippen molar-refractivity contribution in [2.75, 3.05) is 6.67 Å². The molecule has 2 nitrogen and oxygen atoms in total. The van der Waals surface area contributed by atoms with E-state index in [1.165, 1.54) is 0 Å². The van der Waals surface area contributed by atoms with Gasteiger partial charge in [0, 0.05) is 0 Å². The van der Waals surface area contributed by atoms with Crippen LogP contribution in [0.5, 0.6) is 0 Å². The van der Waals surface area contributed by atoms with Crippen molar-refractivity contribution in [3.05, 3.63) is 0 Å². The molecule has 0 fully saturated rings. The van der Waals surface area contributed by atoms with Crippen LogP contribution in [0.3, 0.4) is 0 Å². The van der Waals surface area contributed by atoms with Crippen LogP contribution in [-0.2, 0) is 9.59 Å². The number of carbonyl (C=O) groups is 2.